The molecule has 16 heavy (non-hydrogen) atoms. The van der Waals surface area contributed by atoms with E-state index < -0.39 is 7.60 Å². The number of hydrogen-bond donors (Lipinski definition) is 0. The zero-order valence-electron chi connectivity index (χ0n) is 9.70. The molecule has 0 heterocycles. The van der Waals surface area contributed by atoms with Crippen LogP contribution in [0.25, 0.3) is 0 Å². The van der Waals surface area contributed by atoms with Crippen LogP contribution < -0.4 is 5.30 Å². The summed E-state index contributed by atoms with van der Waals surface area (Å²) in [5.74, 6) is 0. The van der Waals surface area contributed by atoms with Crippen molar-refractivity contribution in [1.82, 2.24) is 0 Å². The van der Waals surface area contributed by atoms with E-state index >= 15 is 0 Å². The van der Waals surface area contributed by atoms with Crippen molar-refractivity contribution in [3.05, 3.63) is 28.8 Å². The van der Waals surface area contributed by atoms with E-state index in [1.54, 1.807) is 26.0 Å². The molecule has 3 nitrogen and oxygen atoms in total. The molecule has 0 saturated carbocycles. The van der Waals surface area contributed by atoms with Crippen LogP contribution in [0.3, 0.4) is 0 Å². The summed E-state index contributed by atoms with van der Waals surface area (Å²) in [5.41, 5.74) is 1.01. The maximum absolute atomic E-state index is 12.4. The van der Waals surface area contributed by atoms with Crippen LogP contribution in [0.2, 0.25) is 5.02 Å². The number of rotatable bonds is 5. The summed E-state index contributed by atoms with van der Waals surface area (Å²) in [4.78, 5) is 0. The van der Waals surface area contributed by atoms with E-state index in [4.69, 9.17) is 20.6 Å². The molecule has 0 bridgehead atoms. The Balaban J connectivity index is 3.15. The Kier molecular flexibility index (Phi) is 5.00. The molecular formula is C11H16ClO3P. The zero-order chi connectivity index (χ0) is 12.2. The lowest BCUT2D eigenvalue weighted by Crippen LogP contribution is -2.12. The second kappa shape index (κ2) is 5.83. The van der Waals surface area contributed by atoms with E-state index in [-0.39, 0.29) is 0 Å². The predicted molar refractivity (Wildman–Crippen MR) is 66.7 cm³/mol. The van der Waals surface area contributed by atoms with Gasteiger partial charge in [0.2, 0.25) is 0 Å². The van der Waals surface area contributed by atoms with Crippen LogP contribution in [-0.4, -0.2) is 13.2 Å². The van der Waals surface area contributed by atoms with Crippen molar-refractivity contribution in [2.75, 3.05) is 13.2 Å². The fourth-order valence-electron chi connectivity index (χ4n) is 1.35. The Morgan fingerprint density at radius 3 is 2.25 bits per heavy atom. The lowest BCUT2D eigenvalue weighted by molar-refractivity contribution is 0.230. The number of benzene rings is 1. The molecule has 0 aromatic heterocycles. The van der Waals surface area contributed by atoms with Gasteiger partial charge in [0.25, 0.3) is 0 Å². The molecule has 0 aliphatic rings. The molecule has 90 valence electrons. The van der Waals surface area contributed by atoms with Gasteiger partial charge in [-0.1, -0.05) is 17.7 Å². The standard InChI is InChI=1S/C11H16ClO3P/c1-4-14-16(13,15-5-2)11-7-6-9(3)8-10(11)12/h6-8H,4-5H2,1-3H3. The van der Waals surface area contributed by atoms with Gasteiger partial charge in [-0.15, -0.1) is 0 Å². The minimum Gasteiger partial charge on any atom is -0.305 e. The van der Waals surface area contributed by atoms with Crippen LogP contribution in [0.5, 0.6) is 0 Å². The molecule has 1 aromatic carbocycles. The van der Waals surface area contributed by atoms with Crippen LogP contribution in [0.1, 0.15) is 19.4 Å². The maximum Gasteiger partial charge on any atom is 0.362 e. The van der Waals surface area contributed by atoms with Crippen LogP contribution >= 0.6 is 19.2 Å². The highest BCUT2D eigenvalue weighted by Gasteiger charge is 2.29. The van der Waals surface area contributed by atoms with Crippen LogP contribution in [0.4, 0.5) is 0 Å². The first kappa shape index (κ1) is 13.7. The van der Waals surface area contributed by atoms with Gasteiger partial charge < -0.3 is 9.05 Å². The topological polar surface area (TPSA) is 35.5 Å². The van der Waals surface area contributed by atoms with Gasteiger partial charge >= 0.3 is 7.60 Å². The van der Waals surface area contributed by atoms with Crippen molar-refractivity contribution in [3.63, 3.8) is 0 Å². The molecule has 0 saturated heterocycles. The second-order valence-corrected chi connectivity index (χ2v) is 5.69. The fourth-order valence-corrected chi connectivity index (χ4v) is 3.51. The van der Waals surface area contributed by atoms with Gasteiger partial charge in [0, 0.05) is 0 Å². The molecule has 0 atom stereocenters. The second-order valence-electron chi connectivity index (χ2n) is 3.29. The molecule has 0 aliphatic heterocycles. The molecule has 0 aliphatic carbocycles. The van der Waals surface area contributed by atoms with Crippen molar-refractivity contribution in [2.45, 2.75) is 20.8 Å². The van der Waals surface area contributed by atoms with Gasteiger partial charge in [-0.2, -0.15) is 0 Å². The first-order valence-corrected chi connectivity index (χ1v) is 7.11. The zero-order valence-corrected chi connectivity index (χ0v) is 11.3. The number of hydrogen-bond acceptors (Lipinski definition) is 3. The van der Waals surface area contributed by atoms with Crippen molar-refractivity contribution in [3.8, 4) is 0 Å². The highest BCUT2D eigenvalue weighted by molar-refractivity contribution is 7.62. The Morgan fingerprint density at radius 2 is 1.81 bits per heavy atom. The van der Waals surface area contributed by atoms with Gasteiger partial charge in [-0.05, 0) is 38.5 Å². The number of halogens is 1. The minimum atomic E-state index is -3.26. The summed E-state index contributed by atoms with van der Waals surface area (Å²) in [5, 5.41) is 0.855. The van der Waals surface area contributed by atoms with Crippen LogP contribution in [0, 0.1) is 6.92 Å². The van der Waals surface area contributed by atoms with E-state index in [9.17, 15) is 4.57 Å². The molecular weight excluding hydrogens is 247 g/mol. The molecule has 0 spiro atoms. The monoisotopic (exact) mass is 262 g/mol. The molecule has 1 rings (SSSR count). The molecule has 0 fully saturated rings. The van der Waals surface area contributed by atoms with E-state index in [0.717, 1.165) is 5.56 Å². The predicted octanol–water partition coefficient (Wildman–Crippen LogP) is 3.54. The Morgan fingerprint density at radius 1 is 1.25 bits per heavy atom. The van der Waals surface area contributed by atoms with Gasteiger partial charge in [-0.3, -0.25) is 4.57 Å². The Hall–Kier alpha value is -0.340. The van der Waals surface area contributed by atoms with Crippen molar-refractivity contribution in [2.24, 2.45) is 0 Å². The lowest BCUT2D eigenvalue weighted by atomic mass is 10.2. The molecule has 0 radical (unpaired) electrons. The molecule has 0 unspecified atom stereocenters. The average Bonchev–Trinajstić information content (AvgIpc) is 2.17. The normalized spacial score (nSPS) is 11.8. The molecule has 1 aromatic rings. The third kappa shape index (κ3) is 3.08. The van der Waals surface area contributed by atoms with E-state index in [1.165, 1.54) is 0 Å². The molecule has 0 N–H and O–H groups in total. The third-order valence-electron chi connectivity index (χ3n) is 2.00. The van der Waals surface area contributed by atoms with Gasteiger partial charge in [-0.25, -0.2) is 0 Å². The van der Waals surface area contributed by atoms with Crippen molar-refractivity contribution < 1.29 is 13.6 Å². The number of aryl methyl sites for hydroxylation is 1. The largest absolute Gasteiger partial charge is 0.362 e. The molecule has 0 amide bonds. The Labute approximate surface area is 101 Å². The van der Waals surface area contributed by atoms with E-state index in [2.05, 4.69) is 0 Å². The first-order valence-electron chi connectivity index (χ1n) is 5.19. The summed E-state index contributed by atoms with van der Waals surface area (Å²) in [7, 11) is -3.26. The average molecular weight is 263 g/mol. The SMILES string of the molecule is CCOP(=O)(OCC)c1ccc(C)cc1Cl. The van der Waals surface area contributed by atoms with Gasteiger partial charge in [0.15, 0.2) is 0 Å². The minimum absolute atomic E-state index is 0.321. The third-order valence-corrected chi connectivity index (χ3v) is 4.62. The summed E-state index contributed by atoms with van der Waals surface area (Å²) < 4.78 is 22.9. The molecule has 5 heteroatoms. The van der Waals surface area contributed by atoms with E-state index in [0.29, 0.717) is 23.5 Å². The lowest BCUT2D eigenvalue weighted by Gasteiger charge is -2.18. The summed E-state index contributed by atoms with van der Waals surface area (Å²) in [6.45, 7) is 6.10. The summed E-state index contributed by atoms with van der Waals surface area (Å²) in [6, 6.07) is 5.29. The first-order chi connectivity index (χ1) is 7.53. The highest BCUT2D eigenvalue weighted by atomic mass is 35.5. The van der Waals surface area contributed by atoms with Crippen molar-refractivity contribution in [1.29, 1.82) is 0 Å². The van der Waals surface area contributed by atoms with Gasteiger partial charge in [0.05, 0.1) is 23.5 Å². The van der Waals surface area contributed by atoms with Crippen LogP contribution in [0.15, 0.2) is 18.2 Å². The van der Waals surface area contributed by atoms with E-state index in [1.807, 2.05) is 13.0 Å². The van der Waals surface area contributed by atoms with Crippen molar-refractivity contribution >= 4 is 24.5 Å². The smallest absolute Gasteiger partial charge is 0.305 e. The maximum atomic E-state index is 12.4. The van der Waals surface area contributed by atoms with Gasteiger partial charge in [0.1, 0.15) is 0 Å². The quantitative estimate of drug-likeness (QED) is 0.762. The summed E-state index contributed by atoms with van der Waals surface area (Å²) in [6.07, 6.45) is 0. The van der Waals surface area contributed by atoms with Crippen LogP contribution in [-0.2, 0) is 13.6 Å². The summed E-state index contributed by atoms with van der Waals surface area (Å²) >= 11 is 6.05. The Bertz CT molecular complexity index is 396. The fraction of sp³-hybridized carbons (Fsp3) is 0.455. The highest BCUT2D eigenvalue weighted by Crippen LogP contribution is 2.48.